The van der Waals surface area contributed by atoms with Crippen molar-refractivity contribution in [1.29, 1.82) is 0 Å². The second-order valence-corrected chi connectivity index (χ2v) is 7.16. The summed E-state index contributed by atoms with van der Waals surface area (Å²) in [7, 11) is 1.50. The quantitative estimate of drug-likeness (QED) is 0.332. The molecule has 2 aromatic rings. The first-order chi connectivity index (χ1) is 14.0. The van der Waals surface area contributed by atoms with Gasteiger partial charge in [0.05, 0.1) is 23.9 Å². The molecule has 1 N–H and O–H groups in total. The van der Waals surface area contributed by atoms with Gasteiger partial charge in [0.25, 0.3) is 11.7 Å². The molecule has 1 amide bonds. The number of carbonyl (C=O) groups excluding carboxylic acids is 2. The predicted octanol–water partition coefficient (Wildman–Crippen LogP) is 4.01. The van der Waals surface area contributed by atoms with Gasteiger partial charge in [-0.15, -0.1) is 0 Å². The van der Waals surface area contributed by atoms with E-state index in [4.69, 9.17) is 4.74 Å². The van der Waals surface area contributed by atoms with Crippen LogP contribution in [-0.2, 0) is 9.59 Å². The van der Waals surface area contributed by atoms with E-state index in [1.165, 1.54) is 12.0 Å². The molecule has 0 radical (unpaired) electrons. The Kier molecular flexibility index (Phi) is 6.32. The highest BCUT2D eigenvalue weighted by Gasteiger charge is 2.46. The number of aromatic nitrogens is 1. The number of methoxy groups -OCH3 is 1. The lowest BCUT2D eigenvalue weighted by Gasteiger charge is -2.24. The van der Waals surface area contributed by atoms with Crippen LogP contribution in [0.4, 0.5) is 0 Å². The number of hydrogen-bond acceptors (Lipinski definition) is 5. The van der Waals surface area contributed by atoms with Gasteiger partial charge < -0.3 is 14.7 Å². The van der Waals surface area contributed by atoms with Gasteiger partial charge in [-0.25, -0.2) is 0 Å². The van der Waals surface area contributed by atoms with E-state index in [2.05, 4.69) is 11.9 Å². The Morgan fingerprint density at radius 1 is 1.21 bits per heavy atom. The molecule has 6 nitrogen and oxygen atoms in total. The van der Waals surface area contributed by atoms with E-state index in [-0.39, 0.29) is 11.3 Å². The fourth-order valence-corrected chi connectivity index (χ4v) is 3.64. The van der Waals surface area contributed by atoms with Crippen LogP contribution < -0.4 is 4.74 Å². The lowest BCUT2D eigenvalue weighted by atomic mass is 9.97. The Labute approximate surface area is 170 Å². The van der Waals surface area contributed by atoms with Gasteiger partial charge >= 0.3 is 0 Å². The van der Waals surface area contributed by atoms with Crippen molar-refractivity contribution >= 4 is 17.4 Å². The SMILES string of the molecule is CCCCCN1C(=O)C(=O)/C(=C(/O)c2cc(C)ccc2OC)C1c1ccccn1. The minimum atomic E-state index is -0.724. The Bertz CT molecular complexity index is 937. The van der Waals surface area contributed by atoms with Crippen molar-refractivity contribution in [2.45, 2.75) is 39.2 Å². The Morgan fingerprint density at radius 3 is 2.66 bits per heavy atom. The molecule has 152 valence electrons. The summed E-state index contributed by atoms with van der Waals surface area (Å²) in [6, 6.07) is 9.96. The summed E-state index contributed by atoms with van der Waals surface area (Å²) in [6.07, 6.45) is 4.34. The number of aliphatic hydroxyl groups is 1. The molecule has 1 saturated heterocycles. The fourth-order valence-electron chi connectivity index (χ4n) is 3.64. The number of amides is 1. The third kappa shape index (κ3) is 4.01. The molecule has 29 heavy (non-hydrogen) atoms. The van der Waals surface area contributed by atoms with E-state index in [0.717, 1.165) is 24.8 Å². The number of hydrogen-bond donors (Lipinski definition) is 1. The van der Waals surface area contributed by atoms with Crippen LogP contribution in [-0.4, -0.2) is 40.3 Å². The van der Waals surface area contributed by atoms with Gasteiger partial charge in [0.15, 0.2) is 0 Å². The summed E-state index contributed by atoms with van der Waals surface area (Å²) < 4.78 is 5.37. The van der Waals surface area contributed by atoms with Gasteiger partial charge in [0, 0.05) is 12.7 Å². The molecule has 1 unspecified atom stereocenters. The van der Waals surface area contributed by atoms with E-state index in [1.807, 2.05) is 19.1 Å². The van der Waals surface area contributed by atoms with Crippen molar-refractivity contribution in [3.63, 3.8) is 0 Å². The number of likely N-dealkylation sites (tertiary alicyclic amines) is 1. The van der Waals surface area contributed by atoms with Crippen LogP contribution in [0.15, 0.2) is 48.2 Å². The number of ether oxygens (including phenoxy) is 1. The maximum Gasteiger partial charge on any atom is 0.295 e. The largest absolute Gasteiger partial charge is 0.507 e. The topological polar surface area (TPSA) is 79.7 Å². The summed E-state index contributed by atoms with van der Waals surface area (Å²) in [4.78, 5) is 31.7. The van der Waals surface area contributed by atoms with Crippen LogP contribution >= 0.6 is 0 Å². The molecule has 0 saturated carbocycles. The first kappa shape index (κ1) is 20.6. The lowest BCUT2D eigenvalue weighted by molar-refractivity contribution is -0.140. The molecule has 1 fully saturated rings. The monoisotopic (exact) mass is 394 g/mol. The number of benzene rings is 1. The third-order valence-electron chi connectivity index (χ3n) is 5.12. The molecular weight excluding hydrogens is 368 g/mol. The zero-order valence-electron chi connectivity index (χ0n) is 17.0. The van der Waals surface area contributed by atoms with E-state index >= 15 is 0 Å². The Hall–Kier alpha value is -3.15. The van der Waals surface area contributed by atoms with Crippen molar-refractivity contribution in [2.24, 2.45) is 0 Å². The number of carbonyl (C=O) groups is 2. The van der Waals surface area contributed by atoms with Gasteiger partial charge in [0.2, 0.25) is 0 Å². The van der Waals surface area contributed by atoms with Crippen molar-refractivity contribution < 1.29 is 19.4 Å². The summed E-state index contributed by atoms with van der Waals surface area (Å²) in [5.41, 5.74) is 1.89. The molecule has 1 aromatic heterocycles. The summed E-state index contributed by atoms with van der Waals surface area (Å²) >= 11 is 0. The predicted molar refractivity (Wildman–Crippen MR) is 111 cm³/mol. The number of rotatable bonds is 7. The third-order valence-corrected chi connectivity index (χ3v) is 5.12. The smallest absolute Gasteiger partial charge is 0.295 e. The zero-order valence-corrected chi connectivity index (χ0v) is 17.0. The second kappa shape index (κ2) is 8.90. The first-order valence-electron chi connectivity index (χ1n) is 9.84. The summed E-state index contributed by atoms with van der Waals surface area (Å²) in [6.45, 7) is 4.39. The second-order valence-electron chi connectivity index (χ2n) is 7.16. The molecule has 2 heterocycles. The molecular formula is C23H26N2O4. The number of aliphatic hydroxyl groups excluding tert-OH is 1. The molecule has 3 rings (SSSR count). The van der Waals surface area contributed by atoms with Crippen LogP contribution in [0.2, 0.25) is 0 Å². The lowest BCUT2D eigenvalue weighted by Crippen LogP contribution is -2.31. The van der Waals surface area contributed by atoms with Gasteiger partial charge in [0.1, 0.15) is 17.6 Å². The van der Waals surface area contributed by atoms with Gasteiger partial charge in [-0.1, -0.05) is 37.5 Å². The van der Waals surface area contributed by atoms with Crippen molar-refractivity contribution in [3.05, 3.63) is 65.0 Å². The van der Waals surface area contributed by atoms with E-state index in [0.29, 0.717) is 23.6 Å². The molecule has 0 aliphatic carbocycles. The van der Waals surface area contributed by atoms with Crippen LogP contribution in [0.5, 0.6) is 5.75 Å². The molecule has 1 aromatic carbocycles. The standard InChI is InChI=1S/C23H26N2O4/c1-4-5-8-13-25-20(17-9-6-7-12-24-17)19(22(27)23(25)28)21(26)16-14-15(2)10-11-18(16)29-3/h6-7,9-12,14,20,26H,4-5,8,13H2,1-3H3/b21-19+. The fraction of sp³-hybridized carbons (Fsp3) is 0.348. The highest BCUT2D eigenvalue weighted by molar-refractivity contribution is 6.46. The van der Waals surface area contributed by atoms with Gasteiger partial charge in [-0.05, 0) is 37.6 Å². The number of Topliss-reactive ketones (excluding diaryl/α,β-unsaturated/α-hetero) is 1. The number of ketones is 1. The average molecular weight is 394 g/mol. The molecule has 6 heteroatoms. The maximum atomic E-state index is 13.0. The molecule has 1 aliphatic heterocycles. The number of pyridine rings is 1. The number of unbranched alkanes of at least 4 members (excludes halogenated alkanes) is 2. The maximum absolute atomic E-state index is 13.0. The number of nitrogens with zero attached hydrogens (tertiary/aromatic N) is 2. The minimum absolute atomic E-state index is 0.0501. The molecule has 1 atom stereocenters. The van der Waals surface area contributed by atoms with Crippen molar-refractivity contribution in [1.82, 2.24) is 9.88 Å². The van der Waals surface area contributed by atoms with Crippen LogP contribution in [0.25, 0.3) is 5.76 Å². The molecule has 0 bridgehead atoms. The van der Waals surface area contributed by atoms with Crippen molar-refractivity contribution in [3.8, 4) is 5.75 Å². The first-order valence-corrected chi connectivity index (χ1v) is 9.84. The van der Waals surface area contributed by atoms with Crippen LogP contribution in [0.3, 0.4) is 0 Å². The van der Waals surface area contributed by atoms with Gasteiger partial charge in [-0.2, -0.15) is 0 Å². The Morgan fingerprint density at radius 2 is 2.00 bits per heavy atom. The van der Waals surface area contributed by atoms with E-state index < -0.39 is 17.7 Å². The normalized spacial score (nSPS) is 18.3. The van der Waals surface area contributed by atoms with E-state index in [1.54, 1.807) is 30.5 Å². The number of aryl methyl sites for hydroxylation is 1. The van der Waals surface area contributed by atoms with Crippen LogP contribution in [0, 0.1) is 6.92 Å². The van der Waals surface area contributed by atoms with Crippen molar-refractivity contribution in [2.75, 3.05) is 13.7 Å². The summed E-state index contributed by atoms with van der Waals surface area (Å²) in [5, 5.41) is 11.1. The Balaban J connectivity index is 2.16. The van der Waals surface area contributed by atoms with Crippen LogP contribution in [0.1, 0.15) is 49.0 Å². The molecule has 1 aliphatic rings. The molecule has 0 spiro atoms. The minimum Gasteiger partial charge on any atom is -0.507 e. The van der Waals surface area contributed by atoms with Gasteiger partial charge in [-0.3, -0.25) is 14.6 Å². The van der Waals surface area contributed by atoms with E-state index in [9.17, 15) is 14.7 Å². The highest BCUT2D eigenvalue weighted by atomic mass is 16.5. The highest BCUT2D eigenvalue weighted by Crippen LogP contribution is 2.40. The average Bonchev–Trinajstić information content (AvgIpc) is 2.99. The summed E-state index contributed by atoms with van der Waals surface area (Å²) in [5.74, 6) is -1.11. The zero-order chi connectivity index (χ0) is 21.0.